The van der Waals surface area contributed by atoms with Crippen LogP contribution in [0.25, 0.3) is 0 Å². The fourth-order valence-electron chi connectivity index (χ4n) is 1.02. The number of carbonyl (C=O) groups is 1. The van der Waals surface area contributed by atoms with Crippen molar-refractivity contribution in [2.45, 2.75) is 6.18 Å². The van der Waals surface area contributed by atoms with Crippen LogP contribution in [0.5, 0.6) is 0 Å². The summed E-state index contributed by atoms with van der Waals surface area (Å²) >= 11 is 2.72. The van der Waals surface area contributed by atoms with Gasteiger partial charge in [-0.2, -0.15) is 13.2 Å². The molecule has 1 rings (SSSR count). The van der Waals surface area contributed by atoms with Gasteiger partial charge in [-0.05, 0) is 12.1 Å². The number of nitrogens with two attached hydrogens (primary N) is 1. The molecule has 0 radical (unpaired) electrons. The van der Waals surface area contributed by atoms with Crippen LogP contribution in [0, 0.1) is 0 Å². The lowest BCUT2D eigenvalue weighted by atomic mass is 10.1. The second-order valence-corrected chi connectivity index (χ2v) is 3.44. The molecular formula is C8H5BrF3NO. The normalized spacial score (nSPS) is 11.4. The first-order valence-corrected chi connectivity index (χ1v) is 4.27. The molecule has 0 aliphatic heterocycles. The lowest BCUT2D eigenvalue weighted by Crippen LogP contribution is -2.10. The smallest absolute Gasteiger partial charge is 0.398 e. The molecule has 0 amide bonds. The van der Waals surface area contributed by atoms with Crippen molar-refractivity contribution in [2.24, 2.45) is 0 Å². The Balaban J connectivity index is 3.40. The van der Waals surface area contributed by atoms with Gasteiger partial charge in [0, 0.05) is 15.7 Å². The van der Waals surface area contributed by atoms with Crippen LogP contribution in [0.3, 0.4) is 0 Å². The molecule has 0 bridgehead atoms. The SMILES string of the molecule is Nc1cc(C=O)cc(Br)c1C(F)(F)F. The van der Waals surface area contributed by atoms with Crippen molar-refractivity contribution < 1.29 is 18.0 Å². The maximum Gasteiger partial charge on any atom is 0.419 e. The van der Waals surface area contributed by atoms with Crippen molar-refractivity contribution in [2.75, 3.05) is 5.73 Å². The van der Waals surface area contributed by atoms with Gasteiger partial charge in [-0.25, -0.2) is 0 Å². The highest BCUT2D eigenvalue weighted by Gasteiger charge is 2.35. The first kappa shape index (κ1) is 11.0. The number of rotatable bonds is 1. The Kier molecular flexibility index (Phi) is 2.84. The summed E-state index contributed by atoms with van der Waals surface area (Å²) in [5, 5.41) is 0. The lowest BCUT2D eigenvalue weighted by Gasteiger charge is -2.12. The number of benzene rings is 1. The van der Waals surface area contributed by atoms with Gasteiger partial charge >= 0.3 is 6.18 Å². The molecule has 0 aliphatic carbocycles. The maximum atomic E-state index is 12.3. The zero-order valence-corrected chi connectivity index (χ0v) is 8.32. The third-order valence-corrected chi connectivity index (χ3v) is 2.19. The van der Waals surface area contributed by atoms with Crippen LogP contribution in [-0.2, 0) is 6.18 Å². The van der Waals surface area contributed by atoms with Crippen LogP contribution < -0.4 is 5.73 Å². The van der Waals surface area contributed by atoms with E-state index in [1.54, 1.807) is 0 Å². The number of nitrogen functional groups attached to an aromatic ring is 1. The Morgan fingerprint density at radius 3 is 2.29 bits per heavy atom. The van der Waals surface area contributed by atoms with Gasteiger partial charge in [0.1, 0.15) is 6.29 Å². The van der Waals surface area contributed by atoms with Crippen molar-refractivity contribution in [3.05, 3.63) is 27.7 Å². The quantitative estimate of drug-likeness (QED) is 0.628. The van der Waals surface area contributed by atoms with Crippen LogP contribution in [0.4, 0.5) is 18.9 Å². The van der Waals surface area contributed by atoms with Gasteiger partial charge in [-0.15, -0.1) is 0 Å². The Morgan fingerprint density at radius 1 is 1.36 bits per heavy atom. The van der Waals surface area contributed by atoms with Gasteiger partial charge in [0.2, 0.25) is 0 Å². The number of hydrogen-bond acceptors (Lipinski definition) is 2. The number of aldehydes is 1. The summed E-state index contributed by atoms with van der Waals surface area (Å²) in [7, 11) is 0. The minimum Gasteiger partial charge on any atom is -0.398 e. The second kappa shape index (κ2) is 3.61. The van der Waals surface area contributed by atoms with Crippen molar-refractivity contribution in [3.8, 4) is 0 Å². The molecule has 6 heteroatoms. The zero-order valence-electron chi connectivity index (χ0n) is 6.73. The molecule has 0 unspecified atom stereocenters. The third-order valence-electron chi connectivity index (χ3n) is 1.56. The van der Waals surface area contributed by atoms with E-state index in [-0.39, 0.29) is 10.0 Å². The predicted octanol–water partition coefficient (Wildman–Crippen LogP) is 2.86. The molecular weight excluding hydrogens is 263 g/mol. The predicted molar refractivity (Wildman–Crippen MR) is 48.9 cm³/mol. The molecule has 0 atom stereocenters. The van der Waals surface area contributed by atoms with E-state index >= 15 is 0 Å². The number of anilines is 1. The molecule has 0 spiro atoms. The van der Waals surface area contributed by atoms with Crippen molar-refractivity contribution in [1.82, 2.24) is 0 Å². The molecule has 1 aromatic rings. The molecule has 76 valence electrons. The van der Waals surface area contributed by atoms with E-state index < -0.39 is 17.4 Å². The Hall–Kier alpha value is -1.04. The summed E-state index contributed by atoms with van der Waals surface area (Å²) in [6, 6.07) is 2.06. The van der Waals surface area contributed by atoms with E-state index in [9.17, 15) is 18.0 Å². The summed E-state index contributed by atoms with van der Waals surface area (Å²) in [5.41, 5.74) is 3.86. The van der Waals surface area contributed by atoms with Crippen molar-refractivity contribution in [3.63, 3.8) is 0 Å². The Labute approximate surface area is 86.0 Å². The van der Waals surface area contributed by atoms with Gasteiger partial charge < -0.3 is 5.73 Å². The number of alkyl halides is 3. The fourth-order valence-corrected chi connectivity index (χ4v) is 1.73. The minimum absolute atomic E-state index is 0.0994. The monoisotopic (exact) mass is 267 g/mol. The summed E-state index contributed by atoms with van der Waals surface area (Å²) in [5.74, 6) is 0. The van der Waals surface area contributed by atoms with Crippen LogP contribution in [0.1, 0.15) is 15.9 Å². The van der Waals surface area contributed by atoms with Crippen LogP contribution in [0.2, 0.25) is 0 Å². The fraction of sp³-hybridized carbons (Fsp3) is 0.125. The first-order chi connectivity index (χ1) is 6.36. The van der Waals surface area contributed by atoms with Gasteiger partial charge in [0.15, 0.2) is 0 Å². The van der Waals surface area contributed by atoms with Crippen molar-refractivity contribution >= 4 is 27.9 Å². The van der Waals surface area contributed by atoms with E-state index in [4.69, 9.17) is 5.73 Å². The van der Waals surface area contributed by atoms with Gasteiger partial charge in [0.05, 0.1) is 5.56 Å². The zero-order chi connectivity index (χ0) is 10.9. The molecule has 1 aromatic carbocycles. The topological polar surface area (TPSA) is 43.1 Å². The molecule has 0 saturated heterocycles. The standard InChI is InChI=1S/C8H5BrF3NO/c9-5-1-4(3-14)2-6(13)7(5)8(10,11)12/h1-3H,13H2. The highest BCUT2D eigenvalue weighted by Crippen LogP contribution is 2.39. The molecule has 2 nitrogen and oxygen atoms in total. The van der Waals surface area contributed by atoms with E-state index in [1.165, 1.54) is 0 Å². The average Bonchev–Trinajstić information content (AvgIpc) is 1.99. The summed E-state index contributed by atoms with van der Waals surface area (Å²) in [6.07, 6.45) is -4.09. The number of hydrogen-bond donors (Lipinski definition) is 1. The van der Waals surface area contributed by atoms with Gasteiger partial charge in [-0.3, -0.25) is 4.79 Å². The van der Waals surface area contributed by atoms with Gasteiger partial charge in [-0.1, -0.05) is 15.9 Å². The summed E-state index contributed by atoms with van der Waals surface area (Å²) in [4.78, 5) is 10.3. The van der Waals surface area contributed by atoms with E-state index in [0.717, 1.165) is 12.1 Å². The van der Waals surface area contributed by atoms with E-state index in [0.29, 0.717) is 6.29 Å². The average molecular weight is 268 g/mol. The van der Waals surface area contributed by atoms with E-state index in [2.05, 4.69) is 15.9 Å². The van der Waals surface area contributed by atoms with E-state index in [1.807, 2.05) is 0 Å². The molecule has 0 fully saturated rings. The van der Waals surface area contributed by atoms with Gasteiger partial charge in [0.25, 0.3) is 0 Å². The molecule has 2 N–H and O–H groups in total. The highest BCUT2D eigenvalue weighted by atomic mass is 79.9. The minimum atomic E-state index is -4.52. The summed E-state index contributed by atoms with van der Waals surface area (Å²) < 4.78 is 36.8. The first-order valence-electron chi connectivity index (χ1n) is 3.47. The van der Waals surface area contributed by atoms with Crippen LogP contribution in [0.15, 0.2) is 16.6 Å². The number of halogens is 4. The molecule has 14 heavy (non-hydrogen) atoms. The molecule has 0 saturated carbocycles. The Morgan fingerprint density at radius 2 is 1.93 bits per heavy atom. The molecule has 0 aromatic heterocycles. The summed E-state index contributed by atoms with van der Waals surface area (Å²) in [6.45, 7) is 0. The van der Waals surface area contributed by atoms with Crippen LogP contribution in [-0.4, -0.2) is 6.29 Å². The highest BCUT2D eigenvalue weighted by molar-refractivity contribution is 9.10. The second-order valence-electron chi connectivity index (χ2n) is 2.58. The Bertz CT molecular complexity index is 352. The lowest BCUT2D eigenvalue weighted by molar-refractivity contribution is -0.137. The van der Waals surface area contributed by atoms with Crippen molar-refractivity contribution in [1.29, 1.82) is 0 Å². The third kappa shape index (κ3) is 2.06. The largest absolute Gasteiger partial charge is 0.419 e. The molecule has 0 heterocycles. The number of carbonyl (C=O) groups excluding carboxylic acids is 1. The molecule has 0 aliphatic rings. The van der Waals surface area contributed by atoms with Crippen LogP contribution >= 0.6 is 15.9 Å². The maximum absolute atomic E-state index is 12.3.